The van der Waals surface area contributed by atoms with Crippen LogP contribution in [0, 0.1) is 18.3 Å². The fraction of sp³-hybridized carbons (Fsp3) is 0.111. The molecule has 0 unspecified atom stereocenters. The summed E-state index contributed by atoms with van der Waals surface area (Å²) in [6.07, 6.45) is 1.37. The fourth-order valence-corrected chi connectivity index (χ4v) is 2.36. The zero-order valence-electron chi connectivity index (χ0n) is 12.9. The monoisotopic (exact) mass is 359 g/mol. The second kappa shape index (κ2) is 8.39. The van der Waals surface area contributed by atoms with Crippen LogP contribution >= 0.6 is 23.2 Å². The lowest BCUT2D eigenvalue weighted by Gasteiger charge is -2.09. The topological polar surface area (TPSA) is 64.9 Å². The number of carbonyl (C=O) groups is 1. The fourth-order valence-electron chi connectivity index (χ4n) is 1.99. The highest BCUT2D eigenvalue weighted by molar-refractivity contribution is 6.32. The number of nitrogens with one attached hydrogen (secondary N) is 2. The van der Waals surface area contributed by atoms with Crippen molar-refractivity contribution in [2.75, 3.05) is 5.32 Å². The first-order valence-corrected chi connectivity index (χ1v) is 7.92. The van der Waals surface area contributed by atoms with Crippen LogP contribution < -0.4 is 10.6 Å². The number of amides is 1. The zero-order valence-corrected chi connectivity index (χ0v) is 14.4. The second-order valence-electron chi connectivity index (χ2n) is 5.01. The Bertz CT molecular complexity index is 825. The van der Waals surface area contributed by atoms with Crippen LogP contribution in [0.5, 0.6) is 0 Å². The Morgan fingerprint density at radius 1 is 1.17 bits per heavy atom. The van der Waals surface area contributed by atoms with E-state index in [0.29, 0.717) is 22.3 Å². The molecular weight excluding hydrogens is 345 g/mol. The average Bonchev–Trinajstić information content (AvgIpc) is 2.57. The van der Waals surface area contributed by atoms with Gasteiger partial charge in [0.15, 0.2) is 0 Å². The number of hydrogen-bond acceptors (Lipinski definition) is 3. The highest BCUT2D eigenvalue weighted by Gasteiger charge is 2.11. The van der Waals surface area contributed by atoms with E-state index in [0.717, 1.165) is 11.1 Å². The minimum absolute atomic E-state index is 0.0403. The minimum Gasteiger partial charge on any atom is -0.386 e. The van der Waals surface area contributed by atoms with Crippen molar-refractivity contribution in [1.82, 2.24) is 5.32 Å². The first-order chi connectivity index (χ1) is 11.5. The Hall–Kier alpha value is -2.48. The van der Waals surface area contributed by atoms with Crippen molar-refractivity contribution in [2.45, 2.75) is 13.5 Å². The Morgan fingerprint density at radius 3 is 2.58 bits per heavy atom. The summed E-state index contributed by atoms with van der Waals surface area (Å²) >= 11 is 12.1. The third-order valence-electron chi connectivity index (χ3n) is 3.38. The van der Waals surface area contributed by atoms with E-state index in [9.17, 15) is 10.1 Å². The van der Waals surface area contributed by atoms with E-state index in [2.05, 4.69) is 10.6 Å². The summed E-state index contributed by atoms with van der Waals surface area (Å²) in [5, 5.41) is 16.0. The SMILES string of the molecule is Cc1c(Cl)cccc1NC(=O)/C(C#N)=C\NCc1ccccc1Cl. The van der Waals surface area contributed by atoms with E-state index in [-0.39, 0.29) is 5.57 Å². The molecule has 24 heavy (non-hydrogen) atoms. The maximum Gasteiger partial charge on any atom is 0.267 e. The van der Waals surface area contributed by atoms with Crippen molar-refractivity contribution in [1.29, 1.82) is 5.26 Å². The number of carbonyl (C=O) groups excluding carboxylic acids is 1. The largest absolute Gasteiger partial charge is 0.386 e. The molecule has 0 aliphatic rings. The molecule has 0 heterocycles. The Morgan fingerprint density at radius 2 is 1.88 bits per heavy atom. The average molecular weight is 360 g/mol. The van der Waals surface area contributed by atoms with Crippen LogP contribution in [0.1, 0.15) is 11.1 Å². The molecule has 0 aliphatic carbocycles. The van der Waals surface area contributed by atoms with Crippen LogP contribution in [-0.4, -0.2) is 5.91 Å². The van der Waals surface area contributed by atoms with Crippen molar-refractivity contribution in [3.05, 3.63) is 75.4 Å². The first kappa shape index (κ1) is 17.9. The van der Waals surface area contributed by atoms with E-state index < -0.39 is 5.91 Å². The maximum absolute atomic E-state index is 12.2. The summed E-state index contributed by atoms with van der Waals surface area (Å²) in [5.74, 6) is -0.505. The van der Waals surface area contributed by atoms with Gasteiger partial charge in [-0.25, -0.2) is 0 Å². The molecule has 0 radical (unpaired) electrons. The van der Waals surface area contributed by atoms with Gasteiger partial charge in [0.05, 0.1) is 0 Å². The molecule has 0 aliphatic heterocycles. The quantitative estimate of drug-likeness (QED) is 0.612. The van der Waals surface area contributed by atoms with E-state index in [4.69, 9.17) is 23.2 Å². The highest BCUT2D eigenvalue weighted by atomic mass is 35.5. The molecule has 0 bridgehead atoms. The molecule has 2 N–H and O–H groups in total. The van der Waals surface area contributed by atoms with Crippen LogP contribution in [0.25, 0.3) is 0 Å². The Balaban J connectivity index is 2.05. The molecule has 2 aromatic carbocycles. The number of halogens is 2. The summed E-state index contributed by atoms with van der Waals surface area (Å²) in [7, 11) is 0. The van der Waals surface area contributed by atoms with Gasteiger partial charge in [-0.1, -0.05) is 47.5 Å². The molecular formula is C18H15Cl2N3O. The molecule has 122 valence electrons. The van der Waals surface area contributed by atoms with Gasteiger partial charge in [0.2, 0.25) is 0 Å². The van der Waals surface area contributed by atoms with Gasteiger partial charge in [0.1, 0.15) is 11.6 Å². The molecule has 0 atom stereocenters. The van der Waals surface area contributed by atoms with Gasteiger partial charge in [0, 0.05) is 28.5 Å². The summed E-state index contributed by atoms with van der Waals surface area (Å²) in [6.45, 7) is 2.21. The van der Waals surface area contributed by atoms with Crippen LogP contribution in [-0.2, 0) is 11.3 Å². The van der Waals surface area contributed by atoms with Crippen LogP contribution in [0.2, 0.25) is 10.0 Å². The van der Waals surface area contributed by atoms with Crippen molar-refractivity contribution < 1.29 is 4.79 Å². The Labute approximate surface area is 150 Å². The second-order valence-corrected chi connectivity index (χ2v) is 5.82. The lowest BCUT2D eigenvalue weighted by atomic mass is 10.2. The molecule has 0 spiro atoms. The lowest BCUT2D eigenvalue weighted by Crippen LogP contribution is -2.17. The number of benzene rings is 2. The van der Waals surface area contributed by atoms with E-state index in [1.165, 1.54) is 6.20 Å². The van der Waals surface area contributed by atoms with Gasteiger partial charge in [-0.15, -0.1) is 0 Å². The third kappa shape index (κ3) is 4.51. The van der Waals surface area contributed by atoms with Gasteiger partial charge in [-0.2, -0.15) is 5.26 Å². The standard InChI is InChI=1S/C18H15Cl2N3O/c1-12-15(19)7-4-8-17(12)23-18(24)14(9-21)11-22-10-13-5-2-3-6-16(13)20/h2-8,11,22H,10H2,1H3,(H,23,24)/b14-11-. The predicted octanol–water partition coefficient (Wildman–Crippen LogP) is 4.44. The number of rotatable bonds is 5. The minimum atomic E-state index is -0.505. The molecule has 6 heteroatoms. The lowest BCUT2D eigenvalue weighted by molar-refractivity contribution is -0.112. The van der Waals surface area contributed by atoms with Crippen LogP contribution in [0.3, 0.4) is 0 Å². The van der Waals surface area contributed by atoms with Gasteiger partial charge in [0.25, 0.3) is 5.91 Å². The van der Waals surface area contributed by atoms with Crippen molar-refractivity contribution in [3.8, 4) is 6.07 Å². The molecule has 2 aromatic rings. The maximum atomic E-state index is 12.2. The highest BCUT2D eigenvalue weighted by Crippen LogP contribution is 2.23. The normalized spacial score (nSPS) is 10.8. The summed E-state index contributed by atoms with van der Waals surface area (Å²) in [6, 6.07) is 14.4. The number of anilines is 1. The van der Waals surface area contributed by atoms with Crippen molar-refractivity contribution in [3.63, 3.8) is 0 Å². The first-order valence-electron chi connectivity index (χ1n) is 7.16. The molecule has 2 rings (SSSR count). The number of nitriles is 1. The zero-order chi connectivity index (χ0) is 17.5. The molecule has 0 saturated carbocycles. The predicted molar refractivity (Wildman–Crippen MR) is 96.8 cm³/mol. The molecule has 0 aromatic heterocycles. The van der Waals surface area contributed by atoms with E-state index in [1.54, 1.807) is 31.2 Å². The van der Waals surface area contributed by atoms with E-state index >= 15 is 0 Å². The molecule has 0 fully saturated rings. The van der Waals surface area contributed by atoms with Crippen molar-refractivity contribution >= 4 is 34.8 Å². The number of hydrogen-bond donors (Lipinski definition) is 2. The summed E-state index contributed by atoms with van der Waals surface area (Å²) in [4.78, 5) is 12.2. The Kier molecular flexibility index (Phi) is 6.25. The molecule has 0 saturated heterocycles. The van der Waals surface area contributed by atoms with Gasteiger partial charge in [-0.05, 0) is 36.2 Å². The van der Waals surface area contributed by atoms with Crippen molar-refractivity contribution in [2.24, 2.45) is 0 Å². The van der Waals surface area contributed by atoms with Gasteiger partial charge >= 0.3 is 0 Å². The smallest absolute Gasteiger partial charge is 0.267 e. The summed E-state index contributed by atoms with van der Waals surface area (Å²) in [5.41, 5.74) is 2.15. The number of nitrogens with zero attached hydrogens (tertiary/aromatic N) is 1. The van der Waals surface area contributed by atoms with Crippen LogP contribution in [0.4, 0.5) is 5.69 Å². The summed E-state index contributed by atoms with van der Waals surface area (Å²) < 4.78 is 0. The third-order valence-corrected chi connectivity index (χ3v) is 4.16. The molecule has 1 amide bonds. The van der Waals surface area contributed by atoms with Gasteiger partial charge in [-0.3, -0.25) is 4.79 Å². The van der Waals surface area contributed by atoms with E-state index in [1.807, 2.05) is 24.3 Å². The molecule has 4 nitrogen and oxygen atoms in total. The van der Waals surface area contributed by atoms with Crippen LogP contribution in [0.15, 0.2) is 54.2 Å². The van der Waals surface area contributed by atoms with Gasteiger partial charge < -0.3 is 10.6 Å².